The summed E-state index contributed by atoms with van der Waals surface area (Å²) >= 11 is 0. The van der Waals surface area contributed by atoms with E-state index in [1.807, 2.05) is 0 Å². The lowest BCUT2D eigenvalue weighted by atomic mass is 10.0. The summed E-state index contributed by atoms with van der Waals surface area (Å²) in [4.78, 5) is 0. The van der Waals surface area contributed by atoms with Gasteiger partial charge >= 0.3 is 0 Å². The molecule has 6 aromatic rings. The van der Waals surface area contributed by atoms with Crippen LogP contribution in [0.25, 0.3) is 11.1 Å². The van der Waals surface area contributed by atoms with Crippen molar-refractivity contribution in [1.82, 2.24) is 0 Å². The van der Waals surface area contributed by atoms with Crippen molar-refractivity contribution in [3.8, 4) is 11.1 Å². The third-order valence-corrected chi connectivity index (χ3v) is 16.2. The van der Waals surface area contributed by atoms with Gasteiger partial charge in [-0.2, -0.15) is 0 Å². The molecule has 0 saturated carbocycles. The second-order valence-electron chi connectivity index (χ2n) is 9.24. The highest BCUT2D eigenvalue weighted by molar-refractivity contribution is 8.45. The highest BCUT2D eigenvalue weighted by atomic mass is 32.1. The molecule has 6 rings (SSSR count). The van der Waals surface area contributed by atoms with Crippen LogP contribution in [-0.4, -0.2) is 0 Å². The molecule has 39 heavy (non-hydrogen) atoms. The minimum atomic E-state index is -2.43. The predicted molar refractivity (Wildman–Crippen MR) is 172 cm³/mol. The molecular formula is C36H29NP2. The van der Waals surface area contributed by atoms with Gasteiger partial charge in [-0.05, 0) is 22.2 Å². The van der Waals surface area contributed by atoms with Gasteiger partial charge in [0, 0.05) is 23.8 Å². The normalized spacial score (nSPS) is 11.3. The van der Waals surface area contributed by atoms with Crippen molar-refractivity contribution >= 4 is 41.3 Å². The van der Waals surface area contributed by atoms with Crippen LogP contribution >= 0.6 is 14.4 Å². The Kier molecular flexibility index (Phi) is 7.64. The van der Waals surface area contributed by atoms with Crippen LogP contribution in [0, 0.1) is 0 Å². The first-order valence-electron chi connectivity index (χ1n) is 13.1. The van der Waals surface area contributed by atoms with Crippen molar-refractivity contribution in [3.63, 3.8) is 0 Å². The Hall–Kier alpha value is -4.02. The van der Waals surface area contributed by atoms with E-state index in [9.17, 15) is 0 Å². The van der Waals surface area contributed by atoms with Crippen molar-refractivity contribution in [2.75, 3.05) is 0 Å². The van der Waals surface area contributed by atoms with Gasteiger partial charge in [-0.15, -0.1) is 0 Å². The molecule has 0 atom stereocenters. The molecule has 0 fully saturated rings. The summed E-state index contributed by atoms with van der Waals surface area (Å²) in [5, 5.41) is 5.25. The van der Waals surface area contributed by atoms with Crippen LogP contribution in [0.15, 0.2) is 181 Å². The lowest BCUT2D eigenvalue weighted by molar-refractivity contribution is 1.53. The molecule has 0 aromatic heterocycles. The average Bonchev–Trinajstić information content (AvgIpc) is 3.03. The Morgan fingerprint density at radius 3 is 1.26 bits per heavy atom. The molecule has 6 aromatic carbocycles. The van der Waals surface area contributed by atoms with Gasteiger partial charge in [-0.3, -0.25) is 4.74 Å². The summed E-state index contributed by atoms with van der Waals surface area (Å²) in [6, 6.07) is 63.3. The van der Waals surface area contributed by atoms with Crippen molar-refractivity contribution in [3.05, 3.63) is 176 Å². The Morgan fingerprint density at radius 1 is 0.385 bits per heavy atom. The SMILES string of the molecule is c1ccc(-c2ccccc2N=P(c2ccccc2)(c2ccccc2)P(c2ccccc2)c2ccccc2)cc1. The summed E-state index contributed by atoms with van der Waals surface area (Å²) < 4.78 is 6.00. The maximum absolute atomic E-state index is 6.00. The second-order valence-corrected chi connectivity index (χ2v) is 16.3. The van der Waals surface area contributed by atoms with Crippen LogP contribution in [0.5, 0.6) is 0 Å². The van der Waals surface area contributed by atoms with E-state index in [4.69, 9.17) is 4.74 Å². The van der Waals surface area contributed by atoms with E-state index in [1.54, 1.807) is 0 Å². The molecule has 188 valence electrons. The molecule has 0 heterocycles. The van der Waals surface area contributed by atoms with Crippen molar-refractivity contribution in [1.29, 1.82) is 0 Å². The molecule has 0 aliphatic heterocycles. The summed E-state index contributed by atoms with van der Waals surface area (Å²) in [6.45, 7) is -2.43. The van der Waals surface area contributed by atoms with E-state index in [1.165, 1.54) is 26.8 Å². The summed E-state index contributed by atoms with van der Waals surface area (Å²) in [6.07, 6.45) is 0. The first-order chi connectivity index (χ1) is 19.4. The van der Waals surface area contributed by atoms with Crippen LogP contribution in [0.2, 0.25) is 0 Å². The van der Waals surface area contributed by atoms with Crippen molar-refractivity contribution in [2.24, 2.45) is 4.74 Å². The Balaban J connectivity index is 1.78. The molecule has 0 saturated heterocycles. The first-order valence-corrected chi connectivity index (χ1v) is 16.9. The van der Waals surface area contributed by atoms with E-state index >= 15 is 0 Å². The molecule has 0 unspecified atom stereocenters. The number of hydrogen-bond acceptors (Lipinski definition) is 1. The van der Waals surface area contributed by atoms with Gasteiger partial charge in [0.15, 0.2) is 0 Å². The Morgan fingerprint density at radius 2 is 0.769 bits per heavy atom. The van der Waals surface area contributed by atoms with Crippen LogP contribution in [-0.2, 0) is 0 Å². The van der Waals surface area contributed by atoms with Crippen LogP contribution < -0.4 is 21.2 Å². The standard InChI is InChI=1S/C36H29NP2/c1-6-18-30(19-7-1)35-28-16-17-29-36(35)37-39(33-24-12-4-13-25-33,34-26-14-5-15-27-34)38(31-20-8-2-9-21-31)32-22-10-3-11-23-32/h1-29H. The van der Waals surface area contributed by atoms with Gasteiger partial charge in [0.05, 0.1) is 12.4 Å². The fourth-order valence-electron chi connectivity index (χ4n) is 5.01. The van der Waals surface area contributed by atoms with Crippen LogP contribution in [0.3, 0.4) is 0 Å². The Labute approximate surface area is 232 Å². The zero-order valence-corrected chi connectivity index (χ0v) is 23.4. The third kappa shape index (κ3) is 5.17. The highest BCUT2D eigenvalue weighted by Gasteiger charge is 2.37. The van der Waals surface area contributed by atoms with Crippen molar-refractivity contribution < 1.29 is 0 Å². The van der Waals surface area contributed by atoms with Gasteiger partial charge in [0.2, 0.25) is 0 Å². The topological polar surface area (TPSA) is 12.4 Å². The molecule has 0 bridgehead atoms. The number of benzene rings is 6. The molecular weight excluding hydrogens is 508 g/mol. The van der Waals surface area contributed by atoms with Gasteiger partial charge < -0.3 is 0 Å². The van der Waals surface area contributed by atoms with E-state index < -0.39 is 14.4 Å². The van der Waals surface area contributed by atoms with Crippen LogP contribution in [0.4, 0.5) is 5.69 Å². The molecule has 0 radical (unpaired) electrons. The Bertz CT molecular complexity index is 1600. The molecule has 1 nitrogen and oxygen atoms in total. The zero-order chi connectivity index (χ0) is 26.3. The monoisotopic (exact) mass is 537 g/mol. The average molecular weight is 538 g/mol. The number of hydrogen-bond donors (Lipinski definition) is 0. The van der Waals surface area contributed by atoms with Gasteiger partial charge in [0.25, 0.3) is 0 Å². The lowest BCUT2D eigenvalue weighted by Gasteiger charge is -2.35. The van der Waals surface area contributed by atoms with Gasteiger partial charge in [0.1, 0.15) is 0 Å². The third-order valence-electron chi connectivity index (χ3n) is 6.76. The molecule has 0 N–H and O–H groups in total. The minimum Gasteiger partial charge on any atom is -0.253 e. The molecule has 0 aliphatic carbocycles. The van der Waals surface area contributed by atoms with Crippen molar-refractivity contribution in [2.45, 2.75) is 0 Å². The summed E-state index contributed by atoms with van der Waals surface area (Å²) in [5.74, 6) is 0. The zero-order valence-electron chi connectivity index (χ0n) is 21.6. The fraction of sp³-hybridized carbons (Fsp3) is 0. The molecule has 3 heteroatoms. The van der Waals surface area contributed by atoms with E-state index in [0.717, 1.165) is 11.3 Å². The number of rotatable bonds is 7. The van der Waals surface area contributed by atoms with Gasteiger partial charge in [-0.25, -0.2) is 0 Å². The molecule has 0 amide bonds. The summed E-state index contributed by atoms with van der Waals surface area (Å²) in [7, 11) is -0.912. The predicted octanol–water partition coefficient (Wildman–Crippen LogP) is 8.89. The maximum atomic E-state index is 6.00. The maximum Gasteiger partial charge on any atom is 0.0704 e. The second kappa shape index (κ2) is 11.8. The lowest BCUT2D eigenvalue weighted by Crippen LogP contribution is -2.23. The van der Waals surface area contributed by atoms with E-state index in [2.05, 4.69) is 176 Å². The largest absolute Gasteiger partial charge is 0.253 e. The highest BCUT2D eigenvalue weighted by Crippen LogP contribution is 2.75. The quantitative estimate of drug-likeness (QED) is 0.180. The van der Waals surface area contributed by atoms with Crippen LogP contribution in [0.1, 0.15) is 0 Å². The minimum absolute atomic E-state index is 0.912. The van der Waals surface area contributed by atoms with E-state index in [0.29, 0.717) is 0 Å². The smallest absolute Gasteiger partial charge is 0.0704 e. The molecule has 0 aliphatic rings. The first kappa shape index (κ1) is 25.3. The van der Waals surface area contributed by atoms with E-state index in [-0.39, 0.29) is 0 Å². The number of nitrogens with zero attached hydrogens (tertiary/aromatic N) is 1. The molecule has 0 spiro atoms. The summed E-state index contributed by atoms with van der Waals surface area (Å²) in [5.41, 5.74) is 3.37. The fourth-order valence-corrected chi connectivity index (χ4v) is 15.2. The van der Waals surface area contributed by atoms with Gasteiger partial charge in [-0.1, -0.05) is 170 Å².